The van der Waals surface area contributed by atoms with Crippen LogP contribution in [0, 0.1) is 11.3 Å². The van der Waals surface area contributed by atoms with Gasteiger partial charge in [-0.2, -0.15) is 0 Å². The topological polar surface area (TPSA) is 3.24 Å². The first kappa shape index (κ1) is 15.6. The van der Waals surface area contributed by atoms with Crippen molar-refractivity contribution in [2.24, 2.45) is 11.3 Å². The molecule has 1 aliphatic carbocycles. The highest BCUT2D eigenvalue weighted by Crippen LogP contribution is 2.52. The lowest BCUT2D eigenvalue weighted by atomic mass is 10.1. The van der Waals surface area contributed by atoms with E-state index in [1.807, 2.05) is 31.2 Å². The van der Waals surface area contributed by atoms with Crippen molar-refractivity contribution in [1.82, 2.24) is 4.90 Å². The smallest absolute Gasteiger partial charge is 0.0414 e. The van der Waals surface area contributed by atoms with E-state index in [0.717, 1.165) is 18.0 Å². The molecule has 0 aromatic rings. The van der Waals surface area contributed by atoms with Gasteiger partial charge in [-0.05, 0) is 42.5 Å². The molecule has 0 aromatic heterocycles. The minimum atomic E-state index is 0.530. The second kappa shape index (κ2) is 7.18. The molecule has 0 amide bonds. The molecule has 1 unspecified atom stereocenters. The van der Waals surface area contributed by atoms with Crippen LogP contribution < -0.4 is 0 Å². The zero-order valence-electron chi connectivity index (χ0n) is 12.8. The van der Waals surface area contributed by atoms with Crippen molar-refractivity contribution in [3.05, 3.63) is 60.9 Å². The molecule has 0 bridgehead atoms. The summed E-state index contributed by atoms with van der Waals surface area (Å²) in [6, 6.07) is 0. The third kappa shape index (κ3) is 6.28. The molecule has 0 saturated heterocycles. The number of allylic oxidation sites excluding steroid dienone is 6. The van der Waals surface area contributed by atoms with Gasteiger partial charge in [0.25, 0.3) is 0 Å². The second-order valence-electron chi connectivity index (χ2n) is 5.98. The first-order valence-corrected chi connectivity index (χ1v) is 6.98. The average Bonchev–Trinajstić information content (AvgIpc) is 2.93. The lowest BCUT2D eigenvalue weighted by Crippen LogP contribution is -2.12. The summed E-state index contributed by atoms with van der Waals surface area (Å²) in [5, 5.41) is 0. The van der Waals surface area contributed by atoms with Crippen molar-refractivity contribution >= 4 is 0 Å². The Morgan fingerprint density at radius 3 is 2.53 bits per heavy atom. The highest BCUT2D eigenvalue weighted by atomic mass is 15.1. The molecule has 0 heterocycles. The molecule has 0 aliphatic heterocycles. The quantitative estimate of drug-likeness (QED) is 0.596. The van der Waals surface area contributed by atoms with Crippen LogP contribution >= 0.6 is 0 Å². The molecule has 1 fully saturated rings. The molecule has 1 nitrogen and oxygen atoms in total. The number of likely N-dealkylation sites (N-methyl/N-ethyl adjacent to an activating group) is 1. The highest BCUT2D eigenvalue weighted by molar-refractivity contribution is 5.21. The molecule has 19 heavy (non-hydrogen) atoms. The maximum atomic E-state index is 4.04. The zero-order chi connectivity index (χ0) is 14.3. The summed E-state index contributed by atoms with van der Waals surface area (Å²) in [6.45, 7) is 11.5. The molecule has 0 N–H and O–H groups in total. The fraction of sp³-hybridized carbons (Fsp3) is 0.444. The maximum absolute atomic E-state index is 4.04. The van der Waals surface area contributed by atoms with Gasteiger partial charge in [0.2, 0.25) is 0 Å². The Morgan fingerprint density at radius 2 is 1.95 bits per heavy atom. The average molecular weight is 257 g/mol. The summed E-state index contributed by atoms with van der Waals surface area (Å²) in [5.41, 5.74) is 1.64. The lowest BCUT2D eigenvalue weighted by molar-refractivity contribution is 0.501. The Kier molecular flexibility index (Phi) is 5.88. The number of hydrogen-bond acceptors (Lipinski definition) is 1. The molecule has 1 saturated carbocycles. The minimum Gasteiger partial charge on any atom is -0.376 e. The van der Waals surface area contributed by atoms with Crippen LogP contribution in [0.3, 0.4) is 0 Å². The summed E-state index contributed by atoms with van der Waals surface area (Å²) >= 11 is 0. The van der Waals surface area contributed by atoms with Gasteiger partial charge in [-0.1, -0.05) is 56.9 Å². The fourth-order valence-corrected chi connectivity index (χ4v) is 1.96. The van der Waals surface area contributed by atoms with Crippen molar-refractivity contribution in [2.75, 3.05) is 13.6 Å². The second-order valence-corrected chi connectivity index (χ2v) is 5.98. The van der Waals surface area contributed by atoms with Crippen molar-refractivity contribution in [3.63, 3.8) is 0 Å². The standard InChI is InChI=1S/C18H27N/c1-6-7-8-11-16(2)15-19(5)13-10-9-12-17-14-18(17,3)4/h6-13,17H,2,14-15H2,1,3-5H3/b7-6-,11-8-,12-9-,13-10-. The van der Waals surface area contributed by atoms with Crippen LogP contribution in [0.15, 0.2) is 60.9 Å². The van der Waals surface area contributed by atoms with Crippen LogP contribution in [0.5, 0.6) is 0 Å². The Hall–Kier alpha value is -1.50. The predicted octanol–water partition coefficient (Wildman–Crippen LogP) is 4.72. The Morgan fingerprint density at radius 1 is 1.26 bits per heavy atom. The number of rotatable bonds is 7. The first-order chi connectivity index (χ1) is 8.95. The van der Waals surface area contributed by atoms with Crippen molar-refractivity contribution in [3.8, 4) is 0 Å². The van der Waals surface area contributed by atoms with Gasteiger partial charge in [0.05, 0.1) is 0 Å². The molecule has 0 spiro atoms. The van der Waals surface area contributed by atoms with E-state index in [1.165, 1.54) is 6.42 Å². The summed E-state index contributed by atoms with van der Waals surface area (Å²) in [4.78, 5) is 2.14. The van der Waals surface area contributed by atoms with E-state index in [2.05, 4.69) is 56.8 Å². The van der Waals surface area contributed by atoms with E-state index >= 15 is 0 Å². The monoisotopic (exact) mass is 257 g/mol. The summed E-state index contributed by atoms with van der Waals surface area (Å²) in [6.07, 6.45) is 18.1. The van der Waals surface area contributed by atoms with E-state index < -0.39 is 0 Å². The maximum Gasteiger partial charge on any atom is 0.0414 e. The highest BCUT2D eigenvalue weighted by Gasteiger charge is 2.43. The van der Waals surface area contributed by atoms with E-state index in [1.54, 1.807) is 0 Å². The molecule has 0 radical (unpaired) electrons. The number of hydrogen-bond donors (Lipinski definition) is 0. The Labute approximate surface area is 118 Å². The van der Waals surface area contributed by atoms with E-state index in [0.29, 0.717) is 5.41 Å². The van der Waals surface area contributed by atoms with Crippen LogP contribution in [-0.2, 0) is 0 Å². The van der Waals surface area contributed by atoms with Gasteiger partial charge in [0.1, 0.15) is 0 Å². The molecule has 1 atom stereocenters. The Balaban J connectivity index is 2.27. The van der Waals surface area contributed by atoms with Gasteiger partial charge in [-0.25, -0.2) is 0 Å². The van der Waals surface area contributed by atoms with Crippen LogP contribution in [0.1, 0.15) is 27.2 Å². The summed E-state index contributed by atoms with van der Waals surface area (Å²) < 4.78 is 0. The zero-order valence-corrected chi connectivity index (χ0v) is 12.8. The van der Waals surface area contributed by atoms with Crippen molar-refractivity contribution in [2.45, 2.75) is 27.2 Å². The summed E-state index contributed by atoms with van der Waals surface area (Å²) in [7, 11) is 2.07. The molecule has 1 heteroatoms. The van der Waals surface area contributed by atoms with Gasteiger partial charge < -0.3 is 4.90 Å². The largest absolute Gasteiger partial charge is 0.376 e. The molecule has 1 rings (SSSR count). The molecular weight excluding hydrogens is 230 g/mol. The third-order valence-electron chi connectivity index (χ3n) is 3.47. The van der Waals surface area contributed by atoms with Gasteiger partial charge >= 0.3 is 0 Å². The van der Waals surface area contributed by atoms with Crippen LogP contribution in [-0.4, -0.2) is 18.5 Å². The van der Waals surface area contributed by atoms with E-state index in [-0.39, 0.29) is 0 Å². The summed E-state index contributed by atoms with van der Waals surface area (Å²) in [5.74, 6) is 0.765. The van der Waals surface area contributed by atoms with Gasteiger partial charge in [0, 0.05) is 13.6 Å². The van der Waals surface area contributed by atoms with Crippen molar-refractivity contribution < 1.29 is 0 Å². The van der Waals surface area contributed by atoms with E-state index in [9.17, 15) is 0 Å². The normalized spacial score (nSPS) is 22.0. The number of nitrogens with zero attached hydrogens (tertiary/aromatic N) is 1. The van der Waals surface area contributed by atoms with Crippen LogP contribution in [0.4, 0.5) is 0 Å². The van der Waals surface area contributed by atoms with Gasteiger partial charge in [-0.3, -0.25) is 0 Å². The molecule has 1 aliphatic rings. The SMILES string of the molecule is C=C(/C=C\C=C/C)CN(C)/C=C\C=C/C1CC1(C)C. The minimum absolute atomic E-state index is 0.530. The lowest BCUT2D eigenvalue weighted by Gasteiger charge is -2.13. The fourth-order valence-electron chi connectivity index (χ4n) is 1.96. The first-order valence-electron chi connectivity index (χ1n) is 6.98. The van der Waals surface area contributed by atoms with Gasteiger partial charge in [-0.15, -0.1) is 0 Å². The van der Waals surface area contributed by atoms with Crippen LogP contribution in [0.2, 0.25) is 0 Å². The Bertz CT molecular complexity index is 407. The predicted molar refractivity (Wildman–Crippen MR) is 85.9 cm³/mol. The third-order valence-corrected chi connectivity index (χ3v) is 3.47. The molecule has 0 aromatic carbocycles. The van der Waals surface area contributed by atoms with E-state index in [4.69, 9.17) is 0 Å². The molecule has 104 valence electrons. The van der Waals surface area contributed by atoms with Gasteiger partial charge in [0.15, 0.2) is 0 Å². The molecular formula is C18H27N. The van der Waals surface area contributed by atoms with Crippen LogP contribution in [0.25, 0.3) is 0 Å². The van der Waals surface area contributed by atoms with Crippen molar-refractivity contribution in [1.29, 1.82) is 0 Å².